The number of nitrogens with two attached hydrogens (primary N) is 1. The molecule has 0 radical (unpaired) electrons. The van der Waals surface area contributed by atoms with Gasteiger partial charge < -0.3 is 5.73 Å². The largest absolute Gasteiger partial charge is 0.327 e. The van der Waals surface area contributed by atoms with Crippen molar-refractivity contribution in [3.8, 4) is 0 Å². The van der Waals surface area contributed by atoms with E-state index in [9.17, 15) is 14.9 Å². The van der Waals surface area contributed by atoms with Crippen LogP contribution in [0.15, 0.2) is 24.3 Å². The molecule has 0 bridgehead atoms. The monoisotopic (exact) mass is 222 g/mol. The first kappa shape index (κ1) is 12.3. The van der Waals surface area contributed by atoms with Crippen LogP contribution in [0, 0.1) is 16.0 Å². The zero-order chi connectivity index (χ0) is 12.3. The highest BCUT2D eigenvalue weighted by molar-refractivity contribution is 5.98. The Bertz CT molecular complexity index is 415. The van der Waals surface area contributed by atoms with E-state index in [1.807, 2.05) is 0 Å². The van der Waals surface area contributed by atoms with E-state index >= 15 is 0 Å². The summed E-state index contributed by atoms with van der Waals surface area (Å²) in [6.45, 7) is 3.45. The van der Waals surface area contributed by atoms with Crippen LogP contribution in [-0.2, 0) is 0 Å². The smallest absolute Gasteiger partial charge is 0.270 e. The molecule has 5 nitrogen and oxygen atoms in total. The van der Waals surface area contributed by atoms with Crippen LogP contribution in [0.2, 0.25) is 0 Å². The molecule has 0 aromatic heterocycles. The van der Waals surface area contributed by atoms with Crippen molar-refractivity contribution < 1.29 is 9.72 Å². The Morgan fingerprint density at radius 2 is 2.06 bits per heavy atom. The average Bonchev–Trinajstić information content (AvgIpc) is 2.27. The van der Waals surface area contributed by atoms with Crippen LogP contribution in [0.3, 0.4) is 0 Å². The fraction of sp³-hybridized carbons (Fsp3) is 0.364. The van der Waals surface area contributed by atoms with E-state index in [0.29, 0.717) is 5.56 Å². The Labute approximate surface area is 93.4 Å². The Morgan fingerprint density at radius 3 is 2.56 bits per heavy atom. The molecule has 0 saturated heterocycles. The summed E-state index contributed by atoms with van der Waals surface area (Å²) in [6, 6.07) is 5.42. The van der Waals surface area contributed by atoms with Crippen molar-refractivity contribution in [1.29, 1.82) is 0 Å². The SMILES string of the molecule is CC(N)C(C)C(=O)c1cccc([N+](=O)[O-])c1. The fourth-order valence-electron chi connectivity index (χ4n) is 1.27. The van der Waals surface area contributed by atoms with Gasteiger partial charge >= 0.3 is 0 Å². The number of carbonyl (C=O) groups excluding carboxylic acids is 1. The normalized spacial score (nSPS) is 14.2. The average molecular weight is 222 g/mol. The Kier molecular flexibility index (Phi) is 3.73. The van der Waals surface area contributed by atoms with Gasteiger partial charge in [0.15, 0.2) is 5.78 Å². The second-order valence-electron chi connectivity index (χ2n) is 3.82. The van der Waals surface area contributed by atoms with Gasteiger partial charge in [0.25, 0.3) is 5.69 Å². The summed E-state index contributed by atoms with van der Waals surface area (Å²) in [5.74, 6) is -0.513. The van der Waals surface area contributed by atoms with Gasteiger partial charge in [-0.2, -0.15) is 0 Å². The molecule has 2 N–H and O–H groups in total. The lowest BCUT2D eigenvalue weighted by Gasteiger charge is -2.13. The molecule has 0 saturated carbocycles. The molecule has 0 fully saturated rings. The van der Waals surface area contributed by atoms with Crippen molar-refractivity contribution in [2.75, 3.05) is 0 Å². The molecule has 1 aromatic carbocycles. The number of benzene rings is 1. The molecule has 16 heavy (non-hydrogen) atoms. The summed E-state index contributed by atoms with van der Waals surface area (Å²) in [4.78, 5) is 21.9. The first-order valence-electron chi connectivity index (χ1n) is 4.97. The van der Waals surface area contributed by atoms with E-state index in [4.69, 9.17) is 5.73 Å². The number of non-ortho nitro benzene ring substituents is 1. The van der Waals surface area contributed by atoms with Crippen molar-refractivity contribution in [3.05, 3.63) is 39.9 Å². The summed E-state index contributed by atoms with van der Waals surface area (Å²) in [5.41, 5.74) is 5.87. The number of ketones is 1. The summed E-state index contributed by atoms with van der Waals surface area (Å²) >= 11 is 0. The van der Waals surface area contributed by atoms with E-state index in [1.165, 1.54) is 18.2 Å². The highest BCUT2D eigenvalue weighted by atomic mass is 16.6. The number of hydrogen-bond donors (Lipinski definition) is 1. The van der Waals surface area contributed by atoms with Crippen LogP contribution in [0.5, 0.6) is 0 Å². The quantitative estimate of drug-likeness (QED) is 0.477. The lowest BCUT2D eigenvalue weighted by Crippen LogP contribution is -2.30. The van der Waals surface area contributed by atoms with Gasteiger partial charge in [-0.15, -0.1) is 0 Å². The molecule has 2 unspecified atom stereocenters. The highest BCUT2D eigenvalue weighted by Crippen LogP contribution is 2.17. The molecule has 0 amide bonds. The minimum absolute atomic E-state index is 0.0808. The summed E-state index contributed by atoms with van der Waals surface area (Å²) in [5, 5.41) is 10.5. The molecule has 0 aliphatic rings. The summed E-state index contributed by atoms with van der Waals surface area (Å²) in [6.07, 6.45) is 0. The van der Waals surface area contributed by atoms with Crippen molar-refractivity contribution in [1.82, 2.24) is 0 Å². The van der Waals surface area contributed by atoms with Gasteiger partial charge in [-0.3, -0.25) is 14.9 Å². The van der Waals surface area contributed by atoms with E-state index in [-0.39, 0.29) is 23.4 Å². The van der Waals surface area contributed by atoms with E-state index < -0.39 is 4.92 Å². The minimum Gasteiger partial charge on any atom is -0.327 e. The second kappa shape index (κ2) is 4.85. The number of carbonyl (C=O) groups is 1. The third-order valence-corrected chi connectivity index (χ3v) is 2.54. The van der Waals surface area contributed by atoms with Gasteiger partial charge in [0.2, 0.25) is 0 Å². The highest BCUT2D eigenvalue weighted by Gasteiger charge is 2.20. The summed E-state index contributed by atoms with van der Waals surface area (Å²) < 4.78 is 0. The number of rotatable bonds is 4. The van der Waals surface area contributed by atoms with Crippen LogP contribution in [0.25, 0.3) is 0 Å². The number of Topliss-reactive ketones (excluding diaryl/α,β-unsaturated/α-hetero) is 1. The molecule has 1 rings (SSSR count). The van der Waals surface area contributed by atoms with Gasteiger partial charge in [-0.1, -0.05) is 19.1 Å². The molecule has 5 heteroatoms. The maximum atomic E-state index is 11.9. The van der Waals surface area contributed by atoms with Crippen LogP contribution in [-0.4, -0.2) is 16.7 Å². The maximum absolute atomic E-state index is 11.9. The maximum Gasteiger partial charge on any atom is 0.270 e. The first-order valence-corrected chi connectivity index (χ1v) is 4.97. The third-order valence-electron chi connectivity index (χ3n) is 2.54. The third kappa shape index (κ3) is 2.64. The zero-order valence-electron chi connectivity index (χ0n) is 9.21. The fourth-order valence-corrected chi connectivity index (χ4v) is 1.27. The minimum atomic E-state index is -0.521. The lowest BCUT2D eigenvalue weighted by atomic mass is 9.94. The van der Waals surface area contributed by atoms with E-state index in [2.05, 4.69) is 0 Å². The number of nitro benzene ring substituents is 1. The van der Waals surface area contributed by atoms with Crippen LogP contribution in [0.4, 0.5) is 5.69 Å². The number of nitro groups is 1. The lowest BCUT2D eigenvalue weighted by molar-refractivity contribution is -0.384. The van der Waals surface area contributed by atoms with E-state index in [0.717, 1.165) is 0 Å². The standard InChI is InChI=1S/C11H14N2O3/c1-7(8(2)12)11(14)9-4-3-5-10(6-9)13(15)16/h3-8H,12H2,1-2H3. The molecule has 86 valence electrons. The zero-order valence-corrected chi connectivity index (χ0v) is 9.21. The van der Waals surface area contributed by atoms with Gasteiger partial charge in [0, 0.05) is 29.7 Å². The van der Waals surface area contributed by atoms with Crippen LogP contribution in [0.1, 0.15) is 24.2 Å². The topological polar surface area (TPSA) is 86.2 Å². The molecule has 2 atom stereocenters. The van der Waals surface area contributed by atoms with Crippen LogP contribution >= 0.6 is 0 Å². The Balaban J connectivity index is 3.00. The number of nitrogens with zero attached hydrogens (tertiary/aromatic N) is 1. The van der Waals surface area contributed by atoms with Gasteiger partial charge in [0.1, 0.15) is 0 Å². The molecule has 0 aliphatic heterocycles. The first-order chi connectivity index (χ1) is 7.43. The van der Waals surface area contributed by atoms with Gasteiger partial charge in [0.05, 0.1) is 4.92 Å². The molecular weight excluding hydrogens is 208 g/mol. The summed E-state index contributed by atoms with van der Waals surface area (Å²) in [7, 11) is 0. The van der Waals surface area contributed by atoms with Crippen molar-refractivity contribution in [2.45, 2.75) is 19.9 Å². The van der Waals surface area contributed by atoms with Crippen molar-refractivity contribution in [3.63, 3.8) is 0 Å². The Hall–Kier alpha value is -1.75. The molecule has 0 spiro atoms. The van der Waals surface area contributed by atoms with Gasteiger partial charge in [-0.05, 0) is 6.92 Å². The Morgan fingerprint density at radius 1 is 1.44 bits per heavy atom. The van der Waals surface area contributed by atoms with Crippen LogP contribution < -0.4 is 5.73 Å². The van der Waals surface area contributed by atoms with Crippen molar-refractivity contribution >= 4 is 11.5 Å². The number of hydrogen-bond acceptors (Lipinski definition) is 4. The predicted octanol–water partition coefficient (Wildman–Crippen LogP) is 1.76. The molecule has 1 aromatic rings. The van der Waals surface area contributed by atoms with Gasteiger partial charge in [-0.25, -0.2) is 0 Å². The predicted molar refractivity (Wildman–Crippen MR) is 60.2 cm³/mol. The second-order valence-corrected chi connectivity index (χ2v) is 3.82. The molecule has 0 heterocycles. The van der Waals surface area contributed by atoms with E-state index in [1.54, 1.807) is 19.9 Å². The molecular formula is C11H14N2O3. The molecule has 0 aliphatic carbocycles. The van der Waals surface area contributed by atoms with Crippen molar-refractivity contribution in [2.24, 2.45) is 11.7 Å².